The number of hydrogen-bond donors (Lipinski definition) is 4. The van der Waals surface area contributed by atoms with E-state index in [0.717, 1.165) is 67.2 Å². The molecule has 3 rings (SSSR count). The van der Waals surface area contributed by atoms with Crippen molar-refractivity contribution in [1.29, 1.82) is 0 Å². The molecule has 1 heterocycles. The first kappa shape index (κ1) is 28.2. The Morgan fingerprint density at radius 2 is 1.97 bits per heavy atom. The maximum absolute atomic E-state index is 4.74. The van der Waals surface area contributed by atoms with Gasteiger partial charge in [0.25, 0.3) is 0 Å². The molecule has 1 unspecified atom stereocenters. The first-order valence-corrected chi connectivity index (χ1v) is 13.0. The second kappa shape index (κ2) is 16.4. The number of para-hydroxylation sites is 1. The maximum Gasteiger partial charge on any atom is 0.131 e. The Morgan fingerprint density at radius 3 is 2.74 bits per heavy atom. The fraction of sp³-hybridized carbons (Fsp3) is 0.258. The van der Waals surface area contributed by atoms with Crippen LogP contribution in [0.5, 0.6) is 0 Å². The molecule has 0 spiro atoms. The van der Waals surface area contributed by atoms with Crippen LogP contribution in [0.2, 0.25) is 0 Å². The van der Waals surface area contributed by atoms with Crippen molar-refractivity contribution in [2.24, 2.45) is 9.98 Å². The lowest BCUT2D eigenvalue weighted by atomic mass is 10.1. The number of nitrogens with one attached hydrogen (secondary N) is 4. The van der Waals surface area contributed by atoms with E-state index in [9.17, 15) is 0 Å². The lowest BCUT2D eigenvalue weighted by Crippen LogP contribution is -2.30. The van der Waals surface area contributed by atoms with Crippen LogP contribution in [0.3, 0.4) is 0 Å². The van der Waals surface area contributed by atoms with Crippen LogP contribution in [0.15, 0.2) is 114 Å². The van der Waals surface area contributed by atoms with Crippen molar-refractivity contribution >= 4 is 30.1 Å². The predicted molar refractivity (Wildman–Crippen MR) is 163 cm³/mol. The molecule has 0 amide bonds. The summed E-state index contributed by atoms with van der Waals surface area (Å²) in [6.45, 7) is 13.1. The summed E-state index contributed by atoms with van der Waals surface area (Å²) in [6, 6.07) is 16.0. The molecule has 0 radical (unpaired) electrons. The molecule has 1 aromatic carbocycles. The van der Waals surface area contributed by atoms with Crippen molar-refractivity contribution in [1.82, 2.24) is 20.9 Å². The van der Waals surface area contributed by atoms with Crippen molar-refractivity contribution in [3.05, 3.63) is 109 Å². The summed E-state index contributed by atoms with van der Waals surface area (Å²) < 4.78 is 0. The van der Waals surface area contributed by atoms with Crippen molar-refractivity contribution in [3.63, 3.8) is 0 Å². The third kappa shape index (κ3) is 10.3. The number of aliphatic imine (C=N–C) groups is 2. The molecular weight excluding hydrogens is 470 g/mol. The molecule has 0 bridgehead atoms. The SMILES string of the molecule is C=CNCCC(CC/C(=C/C=NCNC1=CC=CCC1)N=C)NC(=C)c1cccc(Nc2ccccc2)n1. The minimum atomic E-state index is 0.164. The van der Waals surface area contributed by atoms with Crippen molar-refractivity contribution in [2.75, 3.05) is 18.5 Å². The Kier molecular flexibility index (Phi) is 12.1. The molecule has 7 heteroatoms. The standard InChI is InChI=1S/C31H39N7/c1-4-33-22-21-29(19-18-26(32-3)20-23-34-24-35-27-12-7-5-8-13-27)36-25(2)30-16-11-17-31(38-30)37-28-14-9-6-10-15-28/h4-7,9-12,14-17,20,23,29,33,35-36H,1-3,8,13,18-19,21-22,24H2,(H,37,38)/b26-20-,34-23?. The van der Waals surface area contributed by atoms with E-state index < -0.39 is 0 Å². The number of allylic oxidation sites excluding steroid dienone is 6. The van der Waals surface area contributed by atoms with Gasteiger partial charge >= 0.3 is 0 Å². The van der Waals surface area contributed by atoms with Gasteiger partial charge in [-0.3, -0.25) is 9.98 Å². The number of pyridine rings is 1. The third-order valence-electron chi connectivity index (χ3n) is 6.00. The lowest BCUT2D eigenvalue weighted by molar-refractivity contribution is 0.505. The average Bonchev–Trinajstić information content (AvgIpc) is 2.95. The molecule has 1 aliphatic carbocycles. The van der Waals surface area contributed by atoms with Crippen molar-refractivity contribution in [3.8, 4) is 0 Å². The first-order chi connectivity index (χ1) is 18.7. The van der Waals surface area contributed by atoms with Gasteiger partial charge in [-0.2, -0.15) is 0 Å². The topological polar surface area (TPSA) is 85.7 Å². The van der Waals surface area contributed by atoms with E-state index in [0.29, 0.717) is 6.67 Å². The number of hydrogen-bond acceptors (Lipinski definition) is 7. The van der Waals surface area contributed by atoms with Crippen LogP contribution in [0.4, 0.5) is 11.5 Å². The first-order valence-electron chi connectivity index (χ1n) is 13.0. The highest BCUT2D eigenvalue weighted by Crippen LogP contribution is 2.18. The summed E-state index contributed by atoms with van der Waals surface area (Å²) in [5, 5.41) is 13.4. The van der Waals surface area contributed by atoms with Gasteiger partial charge in [-0.15, -0.1) is 0 Å². The quantitative estimate of drug-likeness (QED) is 0.153. The summed E-state index contributed by atoms with van der Waals surface area (Å²) in [5.41, 5.74) is 4.68. The van der Waals surface area contributed by atoms with E-state index >= 15 is 0 Å². The number of aromatic nitrogens is 1. The van der Waals surface area contributed by atoms with Crippen LogP contribution in [-0.4, -0.2) is 37.2 Å². The Balaban J connectivity index is 1.55. The van der Waals surface area contributed by atoms with E-state index in [4.69, 9.17) is 4.98 Å². The molecule has 0 saturated heterocycles. The van der Waals surface area contributed by atoms with Crippen LogP contribution in [-0.2, 0) is 0 Å². The second-order valence-electron chi connectivity index (χ2n) is 8.85. The zero-order valence-corrected chi connectivity index (χ0v) is 22.1. The van der Waals surface area contributed by atoms with Crippen LogP contribution in [0.25, 0.3) is 5.70 Å². The summed E-state index contributed by atoms with van der Waals surface area (Å²) in [7, 11) is 0. The van der Waals surface area contributed by atoms with Gasteiger partial charge in [0, 0.05) is 35.9 Å². The smallest absolute Gasteiger partial charge is 0.131 e. The van der Waals surface area contributed by atoms with Crippen LogP contribution in [0, 0.1) is 0 Å². The van der Waals surface area contributed by atoms with Gasteiger partial charge in [0.2, 0.25) is 0 Å². The van der Waals surface area contributed by atoms with Crippen LogP contribution in [0.1, 0.15) is 37.8 Å². The Labute approximate surface area is 227 Å². The van der Waals surface area contributed by atoms with Crippen LogP contribution < -0.4 is 21.3 Å². The zero-order chi connectivity index (χ0) is 26.8. The predicted octanol–water partition coefficient (Wildman–Crippen LogP) is 6.09. The fourth-order valence-corrected chi connectivity index (χ4v) is 3.94. The van der Waals surface area contributed by atoms with Gasteiger partial charge in [0.15, 0.2) is 0 Å². The molecule has 2 aromatic rings. The van der Waals surface area contributed by atoms with E-state index in [1.54, 1.807) is 12.4 Å². The summed E-state index contributed by atoms with van der Waals surface area (Å²) >= 11 is 0. The van der Waals surface area contributed by atoms with E-state index in [1.807, 2.05) is 54.6 Å². The van der Waals surface area contributed by atoms with Gasteiger partial charge in [0.1, 0.15) is 12.5 Å². The maximum atomic E-state index is 4.74. The van der Waals surface area contributed by atoms with E-state index in [-0.39, 0.29) is 6.04 Å². The van der Waals surface area contributed by atoms with Gasteiger partial charge in [-0.05, 0) is 81.4 Å². The molecule has 7 nitrogen and oxygen atoms in total. The van der Waals surface area contributed by atoms with Crippen LogP contribution >= 0.6 is 0 Å². The number of rotatable bonds is 17. The molecule has 1 aromatic heterocycles. The van der Waals surface area contributed by atoms with Crippen molar-refractivity contribution in [2.45, 2.75) is 38.1 Å². The third-order valence-corrected chi connectivity index (χ3v) is 6.00. The molecule has 38 heavy (non-hydrogen) atoms. The second-order valence-corrected chi connectivity index (χ2v) is 8.85. The van der Waals surface area contributed by atoms with E-state index in [1.165, 1.54) is 5.70 Å². The molecular formula is C31H39N7. The largest absolute Gasteiger partial charge is 0.391 e. The Morgan fingerprint density at radius 1 is 1.11 bits per heavy atom. The van der Waals surface area contributed by atoms with Crippen molar-refractivity contribution < 1.29 is 0 Å². The number of nitrogens with zero attached hydrogens (tertiary/aromatic N) is 3. The molecule has 198 valence electrons. The highest BCUT2D eigenvalue weighted by atomic mass is 15.0. The molecule has 0 saturated carbocycles. The highest BCUT2D eigenvalue weighted by Gasteiger charge is 2.12. The molecule has 1 aliphatic rings. The highest BCUT2D eigenvalue weighted by molar-refractivity contribution is 5.72. The minimum absolute atomic E-state index is 0.164. The Bertz CT molecular complexity index is 1160. The fourth-order valence-electron chi connectivity index (χ4n) is 3.94. The van der Waals surface area contributed by atoms with Gasteiger partial charge in [-0.1, -0.05) is 49.6 Å². The zero-order valence-electron chi connectivity index (χ0n) is 22.1. The summed E-state index contributed by atoms with van der Waals surface area (Å²) in [6.07, 6.45) is 16.4. The normalized spacial score (nSPS) is 13.9. The van der Waals surface area contributed by atoms with Gasteiger partial charge in [-0.25, -0.2) is 4.98 Å². The minimum Gasteiger partial charge on any atom is -0.391 e. The number of anilines is 2. The summed E-state index contributed by atoms with van der Waals surface area (Å²) in [5.74, 6) is 0.771. The average molecular weight is 510 g/mol. The van der Waals surface area contributed by atoms with Gasteiger partial charge in [0.05, 0.1) is 11.4 Å². The molecule has 4 N–H and O–H groups in total. The summed E-state index contributed by atoms with van der Waals surface area (Å²) in [4.78, 5) is 13.4. The Hall–Kier alpha value is -4.39. The number of benzene rings is 1. The molecule has 0 aliphatic heterocycles. The van der Waals surface area contributed by atoms with Gasteiger partial charge < -0.3 is 21.3 Å². The molecule has 0 fully saturated rings. The monoisotopic (exact) mass is 509 g/mol. The lowest BCUT2D eigenvalue weighted by Gasteiger charge is -2.21. The molecule has 1 atom stereocenters. The van der Waals surface area contributed by atoms with E-state index in [2.05, 4.69) is 69.4 Å².